The second-order valence-electron chi connectivity index (χ2n) is 8.19. The van der Waals surface area contributed by atoms with E-state index in [1.807, 2.05) is 0 Å². The van der Waals surface area contributed by atoms with Crippen molar-refractivity contribution in [3.8, 4) is 0 Å². The highest BCUT2D eigenvalue weighted by atomic mass is 32.2. The number of hydrogen-bond donors (Lipinski definition) is 2. The van der Waals surface area contributed by atoms with Gasteiger partial charge in [0.1, 0.15) is 23.2 Å². The monoisotopic (exact) mass is 436 g/mol. The van der Waals surface area contributed by atoms with Crippen LogP contribution in [0.15, 0.2) is 35.5 Å². The zero-order valence-electron chi connectivity index (χ0n) is 16.9. The number of nitrogens with zero attached hydrogens (tertiary/aromatic N) is 2. The Morgan fingerprint density at radius 2 is 1.90 bits per heavy atom. The first-order valence-corrected chi connectivity index (χ1v) is 11.0. The van der Waals surface area contributed by atoms with E-state index in [4.69, 9.17) is 11.1 Å². The van der Waals surface area contributed by atoms with Crippen molar-refractivity contribution >= 4 is 26.9 Å². The molecule has 30 heavy (non-hydrogen) atoms. The molecule has 5 nitrogen and oxygen atoms in total. The van der Waals surface area contributed by atoms with Gasteiger partial charge in [0.25, 0.3) is 0 Å². The molecule has 1 aromatic carbocycles. The fraction of sp³-hybridized carbons (Fsp3) is 0.333. The van der Waals surface area contributed by atoms with Gasteiger partial charge in [-0.25, -0.2) is 18.2 Å². The van der Waals surface area contributed by atoms with Crippen molar-refractivity contribution in [3.63, 3.8) is 0 Å². The fourth-order valence-corrected chi connectivity index (χ4v) is 5.33. The molecule has 0 bridgehead atoms. The van der Waals surface area contributed by atoms with E-state index >= 15 is 0 Å². The van der Waals surface area contributed by atoms with Crippen LogP contribution in [0.25, 0.3) is 0 Å². The van der Waals surface area contributed by atoms with E-state index in [0.717, 1.165) is 6.20 Å². The van der Waals surface area contributed by atoms with E-state index in [0.29, 0.717) is 11.6 Å². The van der Waals surface area contributed by atoms with E-state index in [2.05, 4.69) is 15.8 Å². The van der Waals surface area contributed by atoms with Crippen LogP contribution in [-0.2, 0) is 21.5 Å². The summed E-state index contributed by atoms with van der Waals surface area (Å²) in [4.78, 5) is 8.09. The molecule has 0 fully saturated rings. The van der Waals surface area contributed by atoms with E-state index in [-0.39, 0.29) is 35.0 Å². The summed E-state index contributed by atoms with van der Waals surface area (Å²) >= 11 is 0. The lowest BCUT2D eigenvalue weighted by atomic mass is 9.90. The Morgan fingerprint density at radius 1 is 1.23 bits per heavy atom. The molecule has 0 amide bonds. The molecule has 1 aromatic heterocycles. The number of hydrogen-bond acceptors (Lipinski definition) is 5. The van der Waals surface area contributed by atoms with Crippen molar-refractivity contribution in [3.05, 3.63) is 64.7 Å². The molecular formula is C21H23F3N4OS. The molecule has 0 saturated heterocycles. The van der Waals surface area contributed by atoms with E-state index in [1.165, 1.54) is 18.2 Å². The number of benzene rings is 1. The van der Waals surface area contributed by atoms with Crippen LogP contribution in [-0.4, -0.2) is 37.1 Å². The van der Waals surface area contributed by atoms with Crippen molar-refractivity contribution in [2.45, 2.75) is 37.5 Å². The summed E-state index contributed by atoms with van der Waals surface area (Å²) in [5.74, 6) is 1.62. The SMILES string of the molecule is C=S1(=O)C[C@@](C)(c2cc(CC(=N)c3ncc(F)cc3F)ccc2F)N=C(N)C1(C)C. The molecule has 3 N–H and O–H groups in total. The molecule has 2 heterocycles. The highest BCUT2D eigenvalue weighted by molar-refractivity contribution is 8.02. The van der Waals surface area contributed by atoms with E-state index in [9.17, 15) is 17.4 Å². The number of amidine groups is 1. The number of nitrogens with one attached hydrogen (secondary N) is 1. The maximum Gasteiger partial charge on any atom is 0.153 e. The lowest BCUT2D eigenvalue weighted by Crippen LogP contribution is -2.54. The van der Waals surface area contributed by atoms with Gasteiger partial charge in [-0.2, -0.15) is 0 Å². The maximum absolute atomic E-state index is 14.7. The molecule has 9 heteroatoms. The fourth-order valence-electron chi connectivity index (χ4n) is 3.42. The number of aromatic nitrogens is 1. The van der Waals surface area contributed by atoms with Gasteiger partial charge in [0, 0.05) is 23.8 Å². The van der Waals surface area contributed by atoms with Crippen molar-refractivity contribution in [2.75, 3.05) is 5.75 Å². The molecule has 160 valence electrons. The van der Waals surface area contributed by atoms with Crippen molar-refractivity contribution in [1.29, 1.82) is 5.41 Å². The molecule has 2 aromatic rings. The second-order valence-corrected chi connectivity index (χ2v) is 11.1. The third-order valence-corrected chi connectivity index (χ3v) is 8.61. The lowest BCUT2D eigenvalue weighted by Gasteiger charge is -2.41. The first-order chi connectivity index (χ1) is 13.8. The van der Waals surface area contributed by atoms with Crippen LogP contribution in [0.3, 0.4) is 0 Å². The van der Waals surface area contributed by atoms with Gasteiger partial charge < -0.3 is 11.1 Å². The summed E-state index contributed by atoms with van der Waals surface area (Å²) in [6.07, 6.45) is 0.763. The minimum atomic E-state index is -2.73. The number of halogens is 3. The largest absolute Gasteiger partial charge is 0.386 e. The summed E-state index contributed by atoms with van der Waals surface area (Å²) in [6.45, 7) is 5.02. The topological polar surface area (TPSA) is 92.2 Å². The molecular weight excluding hydrogens is 413 g/mol. The molecule has 0 radical (unpaired) electrons. The summed E-state index contributed by atoms with van der Waals surface area (Å²) < 4.78 is 54.0. The highest BCUT2D eigenvalue weighted by Gasteiger charge is 2.45. The van der Waals surface area contributed by atoms with Gasteiger partial charge in [-0.15, -0.1) is 0 Å². The van der Waals surface area contributed by atoms with Gasteiger partial charge in [-0.3, -0.25) is 9.20 Å². The number of nitrogens with two attached hydrogens (primary N) is 1. The summed E-state index contributed by atoms with van der Waals surface area (Å²) in [6, 6.07) is 4.82. The normalized spacial score (nSPS) is 25.6. The standard InChI is InChI=1S/C21H23F3N4OS/c1-20(2)19(26)28-21(3,11-30(20,4)29)14-7-12(5-6-15(14)23)8-17(25)18-16(24)9-13(22)10-27-18/h5-7,9-10,25H,4,8,11H2,1-3H3,(H2,26,28)/t21-,30?/m0/s1. The predicted octanol–water partition coefficient (Wildman–Crippen LogP) is 3.19. The van der Waals surface area contributed by atoms with Crippen LogP contribution < -0.4 is 5.73 Å². The molecule has 0 aliphatic carbocycles. The molecule has 2 atom stereocenters. The molecule has 1 aliphatic heterocycles. The highest BCUT2D eigenvalue weighted by Crippen LogP contribution is 2.38. The molecule has 1 unspecified atom stereocenters. The molecule has 1 aliphatic rings. The predicted molar refractivity (Wildman–Crippen MR) is 114 cm³/mol. The van der Waals surface area contributed by atoms with Crippen LogP contribution in [0.4, 0.5) is 13.2 Å². The van der Waals surface area contributed by atoms with Crippen molar-refractivity contribution < 1.29 is 17.4 Å². The summed E-state index contributed by atoms with van der Waals surface area (Å²) in [7, 11) is -2.73. The van der Waals surface area contributed by atoms with E-state index in [1.54, 1.807) is 20.8 Å². The third kappa shape index (κ3) is 3.74. The van der Waals surface area contributed by atoms with Crippen LogP contribution in [0.2, 0.25) is 0 Å². The zero-order valence-corrected chi connectivity index (χ0v) is 17.7. The average Bonchev–Trinajstić information content (AvgIpc) is 2.61. The number of aliphatic imine (C=N–C) groups is 1. The summed E-state index contributed by atoms with van der Waals surface area (Å²) in [5.41, 5.74) is 5.05. The third-order valence-electron chi connectivity index (χ3n) is 5.51. The van der Waals surface area contributed by atoms with E-state index < -0.39 is 37.3 Å². The summed E-state index contributed by atoms with van der Waals surface area (Å²) in [5, 5.41) is 8.12. The van der Waals surface area contributed by atoms with Gasteiger partial charge in [0.05, 0.1) is 22.2 Å². The van der Waals surface area contributed by atoms with Crippen LogP contribution in [0.5, 0.6) is 0 Å². The quantitative estimate of drug-likeness (QED) is 0.570. The minimum Gasteiger partial charge on any atom is -0.386 e. The van der Waals surface area contributed by atoms with Gasteiger partial charge in [-0.05, 0) is 47.8 Å². The van der Waals surface area contributed by atoms with Crippen LogP contribution in [0.1, 0.15) is 37.6 Å². The molecule has 0 saturated carbocycles. The van der Waals surface area contributed by atoms with Crippen molar-refractivity contribution in [2.24, 2.45) is 10.7 Å². The zero-order chi connectivity index (χ0) is 22.5. The Hall–Kier alpha value is -2.68. The first-order valence-electron chi connectivity index (χ1n) is 9.15. The molecule has 3 rings (SSSR count). The van der Waals surface area contributed by atoms with Crippen molar-refractivity contribution in [1.82, 2.24) is 4.98 Å². The van der Waals surface area contributed by atoms with Crippen LogP contribution >= 0.6 is 0 Å². The first kappa shape index (κ1) is 22.0. The smallest absolute Gasteiger partial charge is 0.153 e. The number of pyridine rings is 1. The Labute approximate surface area is 173 Å². The Bertz CT molecular complexity index is 1170. The Morgan fingerprint density at radius 3 is 2.50 bits per heavy atom. The van der Waals surface area contributed by atoms with Gasteiger partial charge in [0.15, 0.2) is 5.82 Å². The van der Waals surface area contributed by atoms with Gasteiger partial charge >= 0.3 is 0 Å². The number of rotatable bonds is 4. The Kier molecular flexibility index (Phi) is 5.30. The average molecular weight is 437 g/mol. The van der Waals surface area contributed by atoms with Gasteiger partial charge in [0.2, 0.25) is 0 Å². The van der Waals surface area contributed by atoms with Crippen LogP contribution in [0, 0.1) is 22.9 Å². The maximum atomic E-state index is 14.7. The lowest BCUT2D eigenvalue weighted by molar-refractivity contribution is 0.492. The Balaban J connectivity index is 2.00. The minimum absolute atomic E-state index is 0.000332. The van der Waals surface area contributed by atoms with Gasteiger partial charge in [-0.1, -0.05) is 12.1 Å². The molecule has 0 spiro atoms. The second kappa shape index (κ2) is 7.23.